The molecule has 4 heteroatoms. The first-order valence-electron chi connectivity index (χ1n) is 6.15. The molecule has 1 rings (SSSR count). The van der Waals surface area contributed by atoms with E-state index < -0.39 is 0 Å². The lowest BCUT2D eigenvalue weighted by molar-refractivity contribution is 0.0979. The lowest BCUT2D eigenvalue weighted by Gasteiger charge is -2.07. The molecule has 0 saturated heterocycles. The summed E-state index contributed by atoms with van der Waals surface area (Å²) in [6, 6.07) is 3.00. The van der Waals surface area contributed by atoms with Crippen molar-refractivity contribution >= 4 is 11.9 Å². The van der Waals surface area contributed by atoms with Crippen molar-refractivity contribution in [2.75, 3.05) is 14.1 Å². The van der Waals surface area contributed by atoms with Gasteiger partial charge < -0.3 is 9.88 Å². The van der Waals surface area contributed by atoms with Gasteiger partial charge in [0.15, 0.2) is 5.78 Å². The molecule has 4 nitrogen and oxygen atoms in total. The van der Waals surface area contributed by atoms with Crippen LogP contribution in [0, 0.1) is 0 Å². The number of nitrogens with zero attached hydrogens (tertiary/aromatic N) is 1. The van der Waals surface area contributed by atoms with E-state index in [9.17, 15) is 9.59 Å². The number of carbonyl (C=O) groups excluding carboxylic acids is 1. The maximum Gasteiger partial charge on any atom is 0.248 e. The van der Waals surface area contributed by atoms with Crippen molar-refractivity contribution in [2.45, 2.75) is 26.2 Å². The first kappa shape index (κ1) is 14.2. The molecule has 0 bridgehead atoms. The number of aromatic amines is 1. The van der Waals surface area contributed by atoms with Gasteiger partial charge in [-0.05, 0) is 18.6 Å². The molecule has 1 aromatic rings. The van der Waals surface area contributed by atoms with Gasteiger partial charge in [0.2, 0.25) is 5.56 Å². The van der Waals surface area contributed by atoms with Crippen LogP contribution in [-0.2, 0) is 0 Å². The molecule has 1 aromatic heterocycles. The molecule has 18 heavy (non-hydrogen) atoms. The van der Waals surface area contributed by atoms with E-state index >= 15 is 0 Å². The highest BCUT2D eigenvalue weighted by molar-refractivity contribution is 5.98. The minimum absolute atomic E-state index is 0.0755. The number of H-pyrrole nitrogens is 1. The summed E-state index contributed by atoms with van der Waals surface area (Å²) in [5.41, 5.74) is 0.971. The van der Waals surface area contributed by atoms with Crippen LogP contribution in [0.15, 0.2) is 23.1 Å². The fraction of sp³-hybridized carbons (Fsp3) is 0.429. The highest BCUT2D eigenvalue weighted by Crippen LogP contribution is 2.11. The number of carbonyl (C=O) groups is 1. The minimum Gasteiger partial charge on any atom is -0.383 e. The van der Waals surface area contributed by atoms with Gasteiger partial charge in [-0.15, -0.1) is 0 Å². The Morgan fingerprint density at radius 2 is 2.11 bits per heavy atom. The van der Waals surface area contributed by atoms with Crippen LogP contribution in [0.2, 0.25) is 0 Å². The van der Waals surface area contributed by atoms with Gasteiger partial charge in [0.1, 0.15) is 0 Å². The van der Waals surface area contributed by atoms with Gasteiger partial charge >= 0.3 is 0 Å². The average molecular weight is 248 g/mol. The van der Waals surface area contributed by atoms with Gasteiger partial charge in [-0.1, -0.05) is 13.3 Å². The van der Waals surface area contributed by atoms with Crippen molar-refractivity contribution in [2.24, 2.45) is 0 Å². The largest absolute Gasteiger partial charge is 0.383 e. The summed E-state index contributed by atoms with van der Waals surface area (Å²) in [6.07, 6.45) is 5.93. The van der Waals surface area contributed by atoms with E-state index in [2.05, 4.69) is 4.98 Å². The van der Waals surface area contributed by atoms with Crippen LogP contribution in [0.5, 0.6) is 0 Å². The molecule has 0 aliphatic carbocycles. The van der Waals surface area contributed by atoms with Crippen molar-refractivity contribution in [1.82, 2.24) is 9.88 Å². The minimum atomic E-state index is -0.194. The Labute approximate surface area is 107 Å². The van der Waals surface area contributed by atoms with Gasteiger partial charge in [-0.3, -0.25) is 9.59 Å². The Kier molecular flexibility index (Phi) is 5.36. The zero-order chi connectivity index (χ0) is 13.5. The Morgan fingerprint density at radius 1 is 1.39 bits per heavy atom. The smallest absolute Gasteiger partial charge is 0.248 e. The predicted molar refractivity (Wildman–Crippen MR) is 73.6 cm³/mol. The molecule has 0 atom stereocenters. The normalized spacial score (nSPS) is 10.8. The predicted octanol–water partition coefficient (Wildman–Crippen LogP) is 2.28. The van der Waals surface area contributed by atoms with E-state index in [-0.39, 0.29) is 11.3 Å². The number of pyridine rings is 1. The molecular weight excluding hydrogens is 228 g/mol. The van der Waals surface area contributed by atoms with Gasteiger partial charge in [0.05, 0.1) is 5.69 Å². The van der Waals surface area contributed by atoms with E-state index in [0.717, 1.165) is 12.8 Å². The molecule has 0 unspecified atom stereocenters. The fourth-order valence-corrected chi connectivity index (χ4v) is 1.56. The zero-order valence-electron chi connectivity index (χ0n) is 11.2. The van der Waals surface area contributed by atoms with Crippen LogP contribution in [0.25, 0.3) is 6.08 Å². The second-order valence-electron chi connectivity index (χ2n) is 4.46. The van der Waals surface area contributed by atoms with Gasteiger partial charge in [0, 0.05) is 38.3 Å². The third kappa shape index (κ3) is 4.20. The number of aromatic nitrogens is 1. The van der Waals surface area contributed by atoms with Crippen LogP contribution in [0.4, 0.5) is 0 Å². The summed E-state index contributed by atoms with van der Waals surface area (Å²) in [5.74, 6) is 0.0755. The molecule has 0 spiro atoms. The van der Waals surface area contributed by atoms with Crippen LogP contribution < -0.4 is 5.56 Å². The van der Waals surface area contributed by atoms with Crippen LogP contribution in [-0.4, -0.2) is 29.8 Å². The molecule has 0 fully saturated rings. The van der Waals surface area contributed by atoms with E-state index in [0.29, 0.717) is 17.7 Å². The highest BCUT2D eigenvalue weighted by Gasteiger charge is 2.09. The lowest BCUT2D eigenvalue weighted by atomic mass is 10.0. The summed E-state index contributed by atoms with van der Waals surface area (Å²) < 4.78 is 0. The number of unbranched alkanes of at least 4 members (excludes halogenated alkanes) is 1. The van der Waals surface area contributed by atoms with Gasteiger partial charge in [-0.25, -0.2) is 0 Å². The fourth-order valence-electron chi connectivity index (χ4n) is 1.56. The molecule has 0 amide bonds. The summed E-state index contributed by atoms with van der Waals surface area (Å²) in [7, 11) is 3.77. The number of hydrogen-bond acceptors (Lipinski definition) is 3. The molecule has 98 valence electrons. The third-order valence-electron chi connectivity index (χ3n) is 2.55. The molecule has 0 radical (unpaired) electrons. The molecule has 0 aliphatic heterocycles. The first-order valence-corrected chi connectivity index (χ1v) is 6.15. The molecular formula is C14H20N2O2. The van der Waals surface area contributed by atoms with Gasteiger partial charge in [-0.2, -0.15) is 0 Å². The Morgan fingerprint density at radius 3 is 2.72 bits per heavy atom. The van der Waals surface area contributed by atoms with Crippen molar-refractivity contribution in [3.05, 3.63) is 39.9 Å². The number of rotatable bonds is 6. The SMILES string of the molecule is CCCCC(=O)c1ccc(=O)[nH]c1/C=C/N(C)C. The topological polar surface area (TPSA) is 53.2 Å². The van der Waals surface area contributed by atoms with Crippen molar-refractivity contribution in [3.63, 3.8) is 0 Å². The number of hydrogen-bond donors (Lipinski definition) is 1. The third-order valence-corrected chi connectivity index (χ3v) is 2.55. The number of ketones is 1. The summed E-state index contributed by atoms with van der Waals surface area (Å²) in [4.78, 5) is 27.9. The van der Waals surface area contributed by atoms with Gasteiger partial charge in [0.25, 0.3) is 0 Å². The van der Waals surface area contributed by atoms with E-state index in [1.807, 2.05) is 32.1 Å². The maximum atomic E-state index is 12.0. The van der Waals surface area contributed by atoms with E-state index in [1.54, 1.807) is 12.1 Å². The highest BCUT2D eigenvalue weighted by atomic mass is 16.1. The quantitative estimate of drug-likeness (QED) is 0.786. The van der Waals surface area contributed by atoms with Crippen LogP contribution in [0.3, 0.4) is 0 Å². The number of nitrogens with one attached hydrogen (secondary N) is 1. The Hall–Kier alpha value is -1.84. The molecule has 0 aliphatic rings. The van der Waals surface area contributed by atoms with Crippen LogP contribution >= 0.6 is 0 Å². The summed E-state index contributed by atoms with van der Waals surface area (Å²) in [5, 5.41) is 0. The zero-order valence-corrected chi connectivity index (χ0v) is 11.2. The Balaban J connectivity index is 3.03. The first-order chi connectivity index (χ1) is 8.54. The van der Waals surface area contributed by atoms with Crippen molar-refractivity contribution in [1.29, 1.82) is 0 Å². The second-order valence-corrected chi connectivity index (χ2v) is 4.46. The van der Waals surface area contributed by atoms with E-state index in [1.165, 1.54) is 6.07 Å². The lowest BCUT2D eigenvalue weighted by Crippen LogP contribution is -2.12. The molecule has 0 saturated carbocycles. The summed E-state index contributed by atoms with van der Waals surface area (Å²) in [6.45, 7) is 2.05. The second kappa shape index (κ2) is 6.79. The Bertz CT molecular complexity index is 487. The monoisotopic (exact) mass is 248 g/mol. The number of Topliss-reactive ketones (excluding diaryl/α,β-unsaturated/α-hetero) is 1. The van der Waals surface area contributed by atoms with Crippen molar-refractivity contribution < 1.29 is 4.79 Å². The molecule has 1 N–H and O–H groups in total. The summed E-state index contributed by atoms with van der Waals surface area (Å²) >= 11 is 0. The van der Waals surface area contributed by atoms with Crippen LogP contribution in [0.1, 0.15) is 42.2 Å². The molecule has 1 heterocycles. The standard InChI is InChI=1S/C14H20N2O2/c1-4-5-6-13(17)11-7-8-14(18)15-12(11)9-10-16(2)3/h7-10H,4-6H2,1-3H3,(H,15,18)/b10-9+. The average Bonchev–Trinajstić information content (AvgIpc) is 2.33. The maximum absolute atomic E-state index is 12.0. The molecule has 0 aromatic carbocycles. The van der Waals surface area contributed by atoms with Crippen molar-refractivity contribution in [3.8, 4) is 0 Å². The van der Waals surface area contributed by atoms with E-state index in [4.69, 9.17) is 0 Å².